The van der Waals surface area contributed by atoms with E-state index in [1.165, 1.54) is 4.68 Å². The van der Waals surface area contributed by atoms with Crippen molar-refractivity contribution in [1.29, 1.82) is 0 Å². The second-order valence-corrected chi connectivity index (χ2v) is 7.25. The Balaban J connectivity index is 1.66. The van der Waals surface area contributed by atoms with Crippen LogP contribution >= 0.6 is 23.2 Å². The summed E-state index contributed by atoms with van der Waals surface area (Å²) in [7, 11) is 0. The van der Waals surface area contributed by atoms with Crippen molar-refractivity contribution < 1.29 is 4.79 Å². The third-order valence-electron chi connectivity index (χ3n) is 4.49. The minimum Gasteiger partial charge on any atom is -0.364 e. The maximum atomic E-state index is 11.9. The lowest BCUT2D eigenvalue weighted by atomic mass is 10.2. The molecular formula is C20H17Cl2N7O. The Morgan fingerprint density at radius 3 is 2.47 bits per heavy atom. The summed E-state index contributed by atoms with van der Waals surface area (Å²) >= 11 is 12.5. The van der Waals surface area contributed by atoms with Crippen LogP contribution in [0.2, 0.25) is 10.0 Å². The largest absolute Gasteiger partial charge is 0.364 e. The first-order valence-corrected chi connectivity index (χ1v) is 9.84. The van der Waals surface area contributed by atoms with Crippen molar-refractivity contribution >= 4 is 40.5 Å². The number of hydrogen-bond acceptors (Lipinski definition) is 5. The number of amides is 1. The van der Waals surface area contributed by atoms with Crippen LogP contribution in [0.25, 0.3) is 11.4 Å². The van der Waals surface area contributed by atoms with Crippen LogP contribution in [0.3, 0.4) is 0 Å². The van der Waals surface area contributed by atoms with E-state index in [1.807, 2.05) is 31.2 Å². The van der Waals surface area contributed by atoms with Gasteiger partial charge in [-0.05, 0) is 42.8 Å². The summed E-state index contributed by atoms with van der Waals surface area (Å²) in [4.78, 5) is 11.9. The zero-order valence-corrected chi connectivity index (χ0v) is 17.4. The van der Waals surface area contributed by atoms with Crippen molar-refractivity contribution in [3.05, 3.63) is 76.3 Å². The molecule has 10 heteroatoms. The molecule has 2 aromatic carbocycles. The van der Waals surface area contributed by atoms with Crippen LogP contribution in [-0.4, -0.2) is 30.7 Å². The summed E-state index contributed by atoms with van der Waals surface area (Å²) in [5.41, 5.74) is 9.10. The van der Waals surface area contributed by atoms with Gasteiger partial charge in [-0.2, -0.15) is 5.10 Å². The second-order valence-electron chi connectivity index (χ2n) is 6.43. The van der Waals surface area contributed by atoms with Crippen LogP contribution < -0.4 is 11.1 Å². The predicted molar refractivity (Wildman–Crippen MR) is 116 cm³/mol. The summed E-state index contributed by atoms with van der Waals surface area (Å²) in [6.45, 7) is 2.04. The Kier molecular flexibility index (Phi) is 5.43. The highest BCUT2D eigenvalue weighted by atomic mass is 35.5. The number of nitrogens with zero attached hydrogens (tertiary/aromatic N) is 5. The molecule has 0 saturated heterocycles. The molecular weight excluding hydrogens is 425 g/mol. The van der Waals surface area contributed by atoms with Gasteiger partial charge < -0.3 is 11.1 Å². The number of aryl methyl sites for hydroxylation is 1. The molecule has 4 aromatic rings. The first kappa shape index (κ1) is 19.9. The fraction of sp³-hybridized carbons (Fsp3) is 0.100. The lowest BCUT2D eigenvalue weighted by Crippen LogP contribution is -2.14. The molecule has 0 radical (unpaired) electrons. The molecule has 0 aliphatic rings. The molecule has 0 bridgehead atoms. The van der Waals surface area contributed by atoms with Crippen molar-refractivity contribution in [2.45, 2.75) is 13.3 Å². The zero-order valence-electron chi connectivity index (χ0n) is 15.9. The number of carbonyl (C=O) groups is 1. The topological polar surface area (TPSA) is 104 Å². The van der Waals surface area contributed by atoms with E-state index in [0.29, 0.717) is 21.4 Å². The molecule has 2 heterocycles. The molecule has 152 valence electrons. The number of aromatic nitrogens is 5. The van der Waals surface area contributed by atoms with Crippen LogP contribution in [0, 0.1) is 0 Å². The van der Waals surface area contributed by atoms with E-state index in [-0.39, 0.29) is 5.69 Å². The van der Waals surface area contributed by atoms with Crippen molar-refractivity contribution in [1.82, 2.24) is 24.8 Å². The van der Waals surface area contributed by atoms with Gasteiger partial charge in [-0.15, -0.1) is 5.10 Å². The molecule has 1 amide bonds. The number of rotatable bonds is 6. The molecule has 0 aliphatic carbocycles. The second kappa shape index (κ2) is 8.17. The average Bonchev–Trinajstić information content (AvgIpc) is 3.36. The third-order valence-corrected chi connectivity index (χ3v) is 5.10. The highest BCUT2D eigenvalue weighted by molar-refractivity contribution is 6.37. The maximum absolute atomic E-state index is 11.9. The van der Waals surface area contributed by atoms with Crippen molar-refractivity contribution in [3.63, 3.8) is 0 Å². The van der Waals surface area contributed by atoms with Crippen LogP contribution in [0.5, 0.6) is 0 Å². The number of para-hydroxylation sites is 1. The summed E-state index contributed by atoms with van der Waals surface area (Å²) in [5, 5.41) is 16.3. The Labute approximate surface area is 182 Å². The van der Waals surface area contributed by atoms with E-state index in [0.717, 1.165) is 23.5 Å². The third kappa shape index (κ3) is 3.74. The van der Waals surface area contributed by atoms with Crippen molar-refractivity contribution in [2.75, 3.05) is 5.32 Å². The number of halogens is 2. The van der Waals surface area contributed by atoms with Gasteiger partial charge in [0, 0.05) is 5.69 Å². The highest BCUT2D eigenvalue weighted by Crippen LogP contribution is 2.30. The normalized spacial score (nSPS) is 10.9. The van der Waals surface area contributed by atoms with Gasteiger partial charge in [-0.3, -0.25) is 4.79 Å². The molecule has 2 aromatic heterocycles. The SMILES string of the molecule is CCc1cnnn1-c1ccc(Nc2cn(-c3c(Cl)cccc3Cl)nc2C(N)=O)cc1. The van der Waals surface area contributed by atoms with E-state index >= 15 is 0 Å². The van der Waals surface area contributed by atoms with Gasteiger partial charge >= 0.3 is 0 Å². The Morgan fingerprint density at radius 1 is 1.13 bits per heavy atom. The number of primary amides is 1. The first-order valence-electron chi connectivity index (χ1n) is 9.08. The summed E-state index contributed by atoms with van der Waals surface area (Å²) in [6, 6.07) is 12.6. The monoisotopic (exact) mass is 441 g/mol. The van der Waals surface area contributed by atoms with Crippen LogP contribution in [0.15, 0.2) is 54.9 Å². The van der Waals surface area contributed by atoms with E-state index < -0.39 is 5.91 Å². The lowest BCUT2D eigenvalue weighted by molar-refractivity contribution is 0.0996. The Bertz CT molecular complexity index is 1190. The summed E-state index contributed by atoms with van der Waals surface area (Å²) in [6.07, 6.45) is 4.17. The maximum Gasteiger partial charge on any atom is 0.271 e. The smallest absolute Gasteiger partial charge is 0.271 e. The number of nitrogens with two attached hydrogens (primary N) is 1. The van der Waals surface area contributed by atoms with Gasteiger partial charge in [0.2, 0.25) is 0 Å². The minimum atomic E-state index is -0.675. The Hall–Kier alpha value is -3.36. The van der Waals surface area contributed by atoms with Gasteiger partial charge in [0.05, 0.1) is 39.5 Å². The minimum absolute atomic E-state index is 0.0691. The van der Waals surface area contributed by atoms with Crippen molar-refractivity contribution in [2.24, 2.45) is 5.73 Å². The molecule has 0 atom stereocenters. The number of hydrogen-bond donors (Lipinski definition) is 2. The lowest BCUT2D eigenvalue weighted by Gasteiger charge is -2.08. The van der Waals surface area contributed by atoms with Crippen LogP contribution in [-0.2, 0) is 6.42 Å². The van der Waals surface area contributed by atoms with Gasteiger partial charge in [0.25, 0.3) is 5.91 Å². The van der Waals surface area contributed by atoms with E-state index in [4.69, 9.17) is 28.9 Å². The quantitative estimate of drug-likeness (QED) is 0.467. The van der Waals surface area contributed by atoms with Crippen LogP contribution in [0.1, 0.15) is 23.1 Å². The molecule has 0 aliphatic heterocycles. The molecule has 4 rings (SSSR count). The van der Waals surface area contributed by atoms with Gasteiger partial charge in [0.15, 0.2) is 5.69 Å². The van der Waals surface area contributed by atoms with E-state index in [2.05, 4.69) is 20.7 Å². The molecule has 8 nitrogen and oxygen atoms in total. The molecule has 0 unspecified atom stereocenters. The molecule has 0 saturated carbocycles. The predicted octanol–water partition coefficient (Wildman–Crippen LogP) is 4.16. The highest BCUT2D eigenvalue weighted by Gasteiger charge is 2.18. The zero-order chi connectivity index (χ0) is 21.3. The van der Waals surface area contributed by atoms with Crippen LogP contribution in [0.4, 0.5) is 11.4 Å². The van der Waals surface area contributed by atoms with Gasteiger partial charge in [-0.1, -0.05) is 41.4 Å². The number of carbonyl (C=O) groups excluding carboxylic acids is 1. The number of benzene rings is 2. The first-order chi connectivity index (χ1) is 14.5. The van der Waals surface area contributed by atoms with E-state index in [9.17, 15) is 4.79 Å². The summed E-state index contributed by atoms with van der Waals surface area (Å²) in [5.74, 6) is -0.675. The molecule has 0 spiro atoms. The summed E-state index contributed by atoms with van der Waals surface area (Å²) < 4.78 is 3.21. The van der Waals surface area contributed by atoms with Gasteiger partial charge in [-0.25, -0.2) is 9.36 Å². The fourth-order valence-corrected chi connectivity index (χ4v) is 3.60. The molecule has 0 fully saturated rings. The van der Waals surface area contributed by atoms with Gasteiger partial charge in [0.1, 0.15) is 5.69 Å². The average molecular weight is 442 g/mol. The molecule has 30 heavy (non-hydrogen) atoms. The number of anilines is 2. The molecule has 3 N–H and O–H groups in total. The van der Waals surface area contributed by atoms with Crippen molar-refractivity contribution in [3.8, 4) is 11.4 Å². The Morgan fingerprint density at radius 2 is 1.83 bits per heavy atom. The van der Waals surface area contributed by atoms with E-state index in [1.54, 1.807) is 35.3 Å². The number of nitrogens with one attached hydrogen (secondary N) is 1. The fourth-order valence-electron chi connectivity index (χ4n) is 3.03. The standard InChI is InChI=1S/C20H17Cl2N7O/c1-2-13-10-24-27-29(13)14-8-6-12(7-9-14)25-17-11-28(26-18(17)20(23)30)19-15(21)4-3-5-16(19)22/h3-11,25H,2H2,1H3,(H2,23,30).